The molecule has 1 aromatic carbocycles. The Kier molecular flexibility index (Phi) is 4.96. The van der Waals surface area contributed by atoms with Crippen LogP contribution < -0.4 is 10.6 Å². The highest BCUT2D eigenvalue weighted by atomic mass is 32.2. The van der Waals surface area contributed by atoms with E-state index in [1.807, 2.05) is 24.3 Å². The second-order valence-corrected chi connectivity index (χ2v) is 10.6. The van der Waals surface area contributed by atoms with Gasteiger partial charge >= 0.3 is 0 Å². The van der Waals surface area contributed by atoms with Gasteiger partial charge in [-0.15, -0.1) is 0 Å². The van der Waals surface area contributed by atoms with E-state index in [-0.39, 0.29) is 28.7 Å². The third-order valence-corrected chi connectivity index (χ3v) is 8.30. The van der Waals surface area contributed by atoms with Crippen LogP contribution in [0.3, 0.4) is 0 Å². The average Bonchev–Trinajstić information content (AvgIpc) is 3.09. The van der Waals surface area contributed by atoms with Gasteiger partial charge in [0.1, 0.15) is 0 Å². The molecule has 8 heteroatoms. The Morgan fingerprint density at radius 3 is 2.50 bits per heavy atom. The molecule has 6 nitrogen and oxygen atoms in total. The molecule has 2 heterocycles. The zero-order chi connectivity index (χ0) is 18.1. The van der Waals surface area contributed by atoms with Gasteiger partial charge in [-0.2, -0.15) is 0 Å². The number of hydrogen-bond donors (Lipinski definition) is 2. The van der Waals surface area contributed by atoms with Crippen LogP contribution in [0.1, 0.15) is 42.5 Å². The zero-order valence-electron chi connectivity index (χ0n) is 14.5. The van der Waals surface area contributed by atoms with Crippen molar-refractivity contribution < 1.29 is 13.2 Å². The summed E-state index contributed by atoms with van der Waals surface area (Å²) in [4.78, 5) is 16.8. The minimum absolute atomic E-state index is 0.0178. The number of benzene rings is 1. The number of fused-ring (bicyclic) bond motifs is 1. The molecule has 26 heavy (non-hydrogen) atoms. The molecule has 1 saturated carbocycles. The van der Waals surface area contributed by atoms with Crippen LogP contribution in [-0.4, -0.2) is 48.3 Å². The summed E-state index contributed by atoms with van der Waals surface area (Å²) >= 11 is 1.49. The molecule has 1 aromatic rings. The molecule has 1 amide bonds. The summed E-state index contributed by atoms with van der Waals surface area (Å²) in [6.45, 7) is 0. The van der Waals surface area contributed by atoms with Gasteiger partial charge in [-0.1, -0.05) is 31.0 Å². The fourth-order valence-corrected chi connectivity index (χ4v) is 7.44. The molecule has 1 saturated heterocycles. The van der Waals surface area contributed by atoms with Gasteiger partial charge in [0, 0.05) is 22.5 Å². The van der Waals surface area contributed by atoms with Gasteiger partial charge < -0.3 is 10.6 Å². The van der Waals surface area contributed by atoms with Crippen molar-refractivity contribution in [2.75, 3.05) is 16.8 Å². The van der Waals surface area contributed by atoms with Crippen LogP contribution in [0, 0.1) is 0 Å². The number of carbonyl (C=O) groups is 1. The second-order valence-electron chi connectivity index (χ2n) is 7.25. The number of amides is 1. The number of hydrogen-bond acceptors (Lipinski definition) is 6. The summed E-state index contributed by atoms with van der Waals surface area (Å²) < 4.78 is 23.2. The Labute approximate surface area is 158 Å². The molecule has 3 aliphatic rings. The number of anilines is 1. The molecule has 0 aromatic heterocycles. The summed E-state index contributed by atoms with van der Waals surface area (Å²) in [5.41, 5.74) is 1.51. The van der Waals surface area contributed by atoms with Gasteiger partial charge in [-0.25, -0.2) is 8.42 Å². The molecular formula is C18H23N3O3S2. The first-order valence-electron chi connectivity index (χ1n) is 9.11. The molecule has 2 N–H and O–H groups in total. The van der Waals surface area contributed by atoms with E-state index >= 15 is 0 Å². The van der Waals surface area contributed by atoms with Crippen LogP contribution in [0.25, 0.3) is 0 Å². The van der Waals surface area contributed by atoms with E-state index in [1.54, 1.807) is 0 Å². The Morgan fingerprint density at radius 2 is 1.81 bits per heavy atom. The van der Waals surface area contributed by atoms with E-state index in [2.05, 4.69) is 15.6 Å². The fourth-order valence-electron chi connectivity index (χ4n) is 3.76. The number of nitrogens with zero attached hydrogens (tertiary/aromatic N) is 1. The van der Waals surface area contributed by atoms with Gasteiger partial charge in [0.15, 0.2) is 15.0 Å². The van der Waals surface area contributed by atoms with Gasteiger partial charge in [-0.3, -0.25) is 9.79 Å². The molecule has 1 aliphatic carbocycles. The predicted octanol–water partition coefficient (Wildman–Crippen LogP) is 2.43. The summed E-state index contributed by atoms with van der Waals surface area (Å²) in [6.07, 6.45) is 5.79. The molecular weight excluding hydrogens is 370 g/mol. The van der Waals surface area contributed by atoms with Crippen LogP contribution >= 0.6 is 11.8 Å². The Hall–Kier alpha value is -1.54. The predicted molar refractivity (Wildman–Crippen MR) is 106 cm³/mol. The van der Waals surface area contributed by atoms with Gasteiger partial charge in [-0.05, 0) is 37.1 Å². The largest absolute Gasteiger partial charge is 0.349 e. The number of amidine groups is 1. The van der Waals surface area contributed by atoms with E-state index in [4.69, 9.17) is 0 Å². The lowest BCUT2D eigenvalue weighted by molar-refractivity contribution is 0.0927. The molecule has 0 bridgehead atoms. The van der Waals surface area contributed by atoms with Crippen LogP contribution in [0.4, 0.5) is 5.69 Å². The van der Waals surface area contributed by atoms with Gasteiger partial charge in [0.25, 0.3) is 5.91 Å². The standard InChI is InChI=1S/C18H23N3O3S2/c22-17(19-13-4-2-1-3-5-13)12-6-8-14(9-7-12)20-18-21-15-10-26(23,24)11-16(15)25-18/h6-9,13,15-16H,1-5,10-11H2,(H,19,22)(H,20,21). The van der Waals surface area contributed by atoms with Crippen molar-refractivity contribution in [3.8, 4) is 0 Å². The maximum absolute atomic E-state index is 12.3. The molecule has 4 rings (SSSR count). The summed E-state index contributed by atoms with van der Waals surface area (Å²) in [6, 6.07) is 7.52. The summed E-state index contributed by atoms with van der Waals surface area (Å²) in [7, 11) is -2.93. The van der Waals surface area contributed by atoms with Crippen molar-refractivity contribution >= 4 is 38.4 Å². The smallest absolute Gasteiger partial charge is 0.251 e. The summed E-state index contributed by atoms with van der Waals surface area (Å²) in [5, 5.41) is 7.14. The van der Waals surface area contributed by atoms with Crippen molar-refractivity contribution in [2.24, 2.45) is 4.99 Å². The molecule has 2 aliphatic heterocycles. The topological polar surface area (TPSA) is 87.6 Å². The van der Waals surface area contributed by atoms with Crippen molar-refractivity contribution in [3.63, 3.8) is 0 Å². The Balaban J connectivity index is 1.34. The third kappa shape index (κ3) is 4.06. The number of carbonyl (C=O) groups excluding carboxylic acids is 1. The lowest BCUT2D eigenvalue weighted by Crippen LogP contribution is -2.36. The van der Waals surface area contributed by atoms with E-state index in [9.17, 15) is 13.2 Å². The van der Waals surface area contributed by atoms with Crippen LogP contribution in [0.5, 0.6) is 0 Å². The van der Waals surface area contributed by atoms with E-state index < -0.39 is 9.84 Å². The zero-order valence-corrected chi connectivity index (χ0v) is 16.1. The van der Waals surface area contributed by atoms with Gasteiger partial charge in [0.2, 0.25) is 0 Å². The van der Waals surface area contributed by atoms with Crippen molar-refractivity contribution in [1.29, 1.82) is 0 Å². The lowest BCUT2D eigenvalue weighted by atomic mass is 9.95. The van der Waals surface area contributed by atoms with Crippen molar-refractivity contribution in [2.45, 2.75) is 49.4 Å². The Morgan fingerprint density at radius 1 is 1.08 bits per heavy atom. The van der Waals surface area contributed by atoms with E-state index in [0.29, 0.717) is 11.6 Å². The average molecular weight is 394 g/mol. The number of rotatable bonds is 3. The third-order valence-electron chi connectivity index (χ3n) is 5.16. The first kappa shape index (κ1) is 17.9. The van der Waals surface area contributed by atoms with Crippen molar-refractivity contribution in [3.05, 3.63) is 29.8 Å². The SMILES string of the molecule is O=C(NC1CCCCC1)c1ccc(NC2=NC3CS(=O)(=O)CC3S2)cc1. The first-order chi connectivity index (χ1) is 12.5. The maximum atomic E-state index is 12.3. The number of sulfone groups is 1. The van der Waals surface area contributed by atoms with E-state index in [1.165, 1.54) is 31.0 Å². The van der Waals surface area contributed by atoms with Crippen LogP contribution in [0.15, 0.2) is 29.3 Å². The normalized spacial score (nSPS) is 27.6. The molecule has 2 atom stereocenters. The second kappa shape index (κ2) is 7.23. The fraction of sp³-hybridized carbons (Fsp3) is 0.556. The number of thioether (sulfide) groups is 1. The molecule has 2 unspecified atom stereocenters. The Bertz CT molecular complexity index is 815. The highest BCUT2D eigenvalue weighted by molar-refractivity contribution is 8.15. The van der Waals surface area contributed by atoms with Gasteiger partial charge in [0.05, 0.1) is 17.5 Å². The molecule has 0 spiro atoms. The summed E-state index contributed by atoms with van der Waals surface area (Å²) in [5.74, 6) is 0.337. The number of nitrogens with one attached hydrogen (secondary N) is 2. The lowest BCUT2D eigenvalue weighted by Gasteiger charge is -2.22. The molecule has 2 fully saturated rings. The quantitative estimate of drug-likeness (QED) is 0.823. The van der Waals surface area contributed by atoms with E-state index in [0.717, 1.165) is 23.7 Å². The minimum atomic E-state index is -2.93. The molecule has 0 radical (unpaired) electrons. The number of aliphatic imine (C=N–C) groups is 1. The molecule has 140 valence electrons. The van der Waals surface area contributed by atoms with Crippen LogP contribution in [0.2, 0.25) is 0 Å². The van der Waals surface area contributed by atoms with Crippen LogP contribution in [-0.2, 0) is 9.84 Å². The van der Waals surface area contributed by atoms with Crippen molar-refractivity contribution in [1.82, 2.24) is 5.32 Å². The monoisotopic (exact) mass is 393 g/mol. The maximum Gasteiger partial charge on any atom is 0.251 e. The minimum Gasteiger partial charge on any atom is -0.349 e. The highest BCUT2D eigenvalue weighted by Gasteiger charge is 2.42. The first-order valence-corrected chi connectivity index (χ1v) is 11.8. The highest BCUT2D eigenvalue weighted by Crippen LogP contribution is 2.34.